The van der Waals surface area contributed by atoms with Crippen LogP contribution in [0.5, 0.6) is 0 Å². The Morgan fingerprint density at radius 3 is 2.82 bits per heavy atom. The van der Waals surface area contributed by atoms with Crippen LogP contribution in [0.25, 0.3) is 22.6 Å². The Labute approximate surface area is 170 Å². The molecule has 4 rings (SSSR count). The second kappa shape index (κ2) is 8.08. The smallest absolute Gasteiger partial charge is 0.230 e. The summed E-state index contributed by atoms with van der Waals surface area (Å²) < 4.78 is 7.66. The molecule has 0 spiro atoms. The lowest BCUT2D eigenvalue weighted by Gasteiger charge is -2.05. The van der Waals surface area contributed by atoms with Crippen LogP contribution in [-0.4, -0.2) is 26.4 Å². The highest BCUT2D eigenvalue weighted by molar-refractivity contribution is 7.99. The Morgan fingerprint density at radius 2 is 2.00 bits per heavy atom. The first-order valence-electron chi connectivity index (χ1n) is 8.62. The lowest BCUT2D eigenvalue weighted by molar-refractivity contribution is -0.118. The lowest BCUT2D eigenvalue weighted by atomic mass is 10.2. The number of furan rings is 1. The lowest BCUT2D eigenvalue weighted by Crippen LogP contribution is -2.24. The first-order chi connectivity index (χ1) is 13.6. The highest BCUT2D eigenvalue weighted by Crippen LogP contribution is 2.30. The van der Waals surface area contributed by atoms with Crippen molar-refractivity contribution >= 4 is 40.2 Å². The van der Waals surface area contributed by atoms with Crippen LogP contribution in [0, 0.1) is 0 Å². The van der Waals surface area contributed by atoms with E-state index in [1.165, 1.54) is 11.8 Å². The quantitative estimate of drug-likeness (QED) is 0.478. The molecule has 0 radical (unpaired) electrons. The number of benzene rings is 2. The summed E-state index contributed by atoms with van der Waals surface area (Å²) in [6.45, 7) is 0.506. The summed E-state index contributed by atoms with van der Waals surface area (Å²) in [4.78, 5) is 12.1. The number of nitrogens with one attached hydrogen (secondary N) is 1. The van der Waals surface area contributed by atoms with Gasteiger partial charge in [-0.05, 0) is 29.8 Å². The van der Waals surface area contributed by atoms with Crippen molar-refractivity contribution in [1.29, 1.82) is 0 Å². The van der Waals surface area contributed by atoms with Crippen LogP contribution in [0.3, 0.4) is 0 Å². The monoisotopic (exact) mass is 412 g/mol. The predicted octanol–water partition coefficient (Wildman–Crippen LogP) is 4.29. The number of rotatable bonds is 6. The van der Waals surface area contributed by atoms with Gasteiger partial charge in [0.25, 0.3) is 0 Å². The number of fused-ring (bicyclic) bond motifs is 1. The van der Waals surface area contributed by atoms with Crippen molar-refractivity contribution in [1.82, 2.24) is 20.1 Å². The number of amides is 1. The zero-order chi connectivity index (χ0) is 19.5. The molecule has 1 N–H and O–H groups in total. The molecule has 0 saturated heterocycles. The fourth-order valence-corrected chi connectivity index (χ4v) is 3.68. The minimum atomic E-state index is -0.0585. The molecule has 0 saturated carbocycles. The first-order valence-corrected chi connectivity index (χ1v) is 9.99. The van der Waals surface area contributed by atoms with Gasteiger partial charge in [0.1, 0.15) is 5.58 Å². The van der Waals surface area contributed by atoms with Gasteiger partial charge in [0.15, 0.2) is 16.7 Å². The minimum Gasteiger partial charge on any atom is -0.453 e. The fourth-order valence-electron chi connectivity index (χ4n) is 2.76. The second-order valence-corrected chi connectivity index (χ2v) is 7.59. The minimum absolute atomic E-state index is 0.0585. The van der Waals surface area contributed by atoms with Gasteiger partial charge in [0.2, 0.25) is 5.91 Å². The molecule has 2 aromatic heterocycles. The van der Waals surface area contributed by atoms with Gasteiger partial charge in [-0.3, -0.25) is 4.79 Å². The number of carbonyl (C=O) groups excluding carboxylic acids is 1. The van der Waals surface area contributed by atoms with Crippen LogP contribution in [0.15, 0.2) is 64.2 Å². The van der Waals surface area contributed by atoms with Crippen molar-refractivity contribution in [2.75, 3.05) is 5.75 Å². The van der Waals surface area contributed by atoms with Gasteiger partial charge >= 0.3 is 0 Å². The van der Waals surface area contributed by atoms with Crippen molar-refractivity contribution in [2.45, 2.75) is 11.7 Å². The van der Waals surface area contributed by atoms with E-state index >= 15 is 0 Å². The van der Waals surface area contributed by atoms with Crippen LogP contribution >= 0.6 is 23.4 Å². The van der Waals surface area contributed by atoms with Crippen LogP contribution in [0.1, 0.15) is 5.56 Å². The van der Waals surface area contributed by atoms with E-state index in [0.717, 1.165) is 16.5 Å². The molecule has 0 aliphatic carbocycles. The van der Waals surface area contributed by atoms with E-state index < -0.39 is 0 Å². The molecule has 0 atom stereocenters. The van der Waals surface area contributed by atoms with E-state index in [2.05, 4.69) is 15.5 Å². The molecule has 8 heteroatoms. The van der Waals surface area contributed by atoms with E-state index in [9.17, 15) is 4.79 Å². The summed E-state index contributed by atoms with van der Waals surface area (Å²) in [5.41, 5.74) is 1.80. The van der Waals surface area contributed by atoms with Crippen molar-refractivity contribution in [3.8, 4) is 11.6 Å². The van der Waals surface area contributed by atoms with E-state index in [0.29, 0.717) is 28.3 Å². The molecule has 2 aromatic carbocycles. The molecular weight excluding hydrogens is 396 g/mol. The molecule has 0 fully saturated rings. The van der Waals surface area contributed by atoms with E-state index in [4.69, 9.17) is 16.0 Å². The molecule has 6 nitrogen and oxygen atoms in total. The number of hydrogen-bond acceptors (Lipinski definition) is 5. The Balaban J connectivity index is 1.41. The number of hydrogen-bond donors (Lipinski definition) is 1. The molecule has 0 aliphatic heterocycles. The number of nitrogens with zero attached hydrogens (tertiary/aromatic N) is 3. The van der Waals surface area contributed by atoms with Gasteiger partial charge in [-0.1, -0.05) is 53.7 Å². The third-order valence-corrected chi connectivity index (χ3v) is 5.45. The molecule has 28 heavy (non-hydrogen) atoms. The molecule has 0 bridgehead atoms. The fraction of sp³-hybridized carbons (Fsp3) is 0.150. The Morgan fingerprint density at radius 1 is 1.18 bits per heavy atom. The number of thioether (sulfide) groups is 1. The highest BCUT2D eigenvalue weighted by atomic mass is 35.5. The van der Waals surface area contributed by atoms with Crippen LogP contribution < -0.4 is 5.32 Å². The van der Waals surface area contributed by atoms with E-state index in [1.54, 1.807) is 6.07 Å². The molecule has 0 unspecified atom stereocenters. The topological polar surface area (TPSA) is 73.0 Å². The van der Waals surface area contributed by atoms with E-state index in [1.807, 2.05) is 60.1 Å². The van der Waals surface area contributed by atoms with Crippen molar-refractivity contribution in [2.24, 2.45) is 7.05 Å². The second-order valence-electron chi connectivity index (χ2n) is 6.21. The van der Waals surface area contributed by atoms with Gasteiger partial charge in [0.05, 0.1) is 5.75 Å². The summed E-state index contributed by atoms with van der Waals surface area (Å²) in [6.07, 6.45) is 0. The van der Waals surface area contributed by atoms with Crippen LogP contribution in [0.2, 0.25) is 5.02 Å². The summed E-state index contributed by atoms with van der Waals surface area (Å²) in [5, 5.41) is 13.5. The third-order valence-electron chi connectivity index (χ3n) is 4.20. The van der Waals surface area contributed by atoms with Crippen molar-refractivity contribution in [3.63, 3.8) is 0 Å². The predicted molar refractivity (Wildman–Crippen MR) is 110 cm³/mol. The zero-order valence-electron chi connectivity index (χ0n) is 15.1. The summed E-state index contributed by atoms with van der Waals surface area (Å²) in [5.74, 6) is 1.40. The van der Waals surface area contributed by atoms with Gasteiger partial charge in [-0.2, -0.15) is 0 Å². The summed E-state index contributed by atoms with van der Waals surface area (Å²) in [7, 11) is 1.85. The Kier molecular flexibility index (Phi) is 5.36. The van der Waals surface area contributed by atoms with Gasteiger partial charge in [-0.15, -0.1) is 10.2 Å². The molecule has 0 aliphatic rings. The molecular formula is C20H17ClN4O2S. The molecule has 4 aromatic rings. The maximum Gasteiger partial charge on any atom is 0.230 e. The van der Waals surface area contributed by atoms with Gasteiger partial charge in [0, 0.05) is 24.0 Å². The number of aromatic nitrogens is 3. The number of halogens is 1. The third kappa shape index (κ3) is 4.05. The molecule has 1 amide bonds. The normalized spacial score (nSPS) is 11.1. The van der Waals surface area contributed by atoms with Gasteiger partial charge in [-0.25, -0.2) is 0 Å². The maximum atomic E-state index is 12.1. The molecule has 142 valence electrons. The first kappa shape index (κ1) is 18.6. The standard InChI is InChI=1S/C20H17ClN4O2S/c1-25-19(17-10-14-9-15(21)7-8-16(14)27-17)23-24-20(25)28-12-18(26)22-11-13-5-3-2-4-6-13/h2-10H,11-12H2,1H3,(H,22,26). The number of carbonyl (C=O) groups is 1. The van der Waals surface area contributed by atoms with E-state index in [-0.39, 0.29) is 11.7 Å². The van der Waals surface area contributed by atoms with Crippen LogP contribution in [0.4, 0.5) is 0 Å². The Bertz CT molecular complexity index is 1120. The average molecular weight is 413 g/mol. The summed E-state index contributed by atoms with van der Waals surface area (Å²) in [6, 6.07) is 17.1. The molecule has 2 heterocycles. The summed E-state index contributed by atoms with van der Waals surface area (Å²) >= 11 is 7.36. The van der Waals surface area contributed by atoms with Gasteiger partial charge < -0.3 is 14.3 Å². The Hall–Kier alpha value is -2.77. The largest absolute Gasteiger partial charge is 0.453 e. The van der Waals surface area contributed by atoms with Crippen LogP contribution in [-0.2, 0) is 18.4 Å². The SMILES string of the molecule is Cn1c(SCC(=O)NCc2ccccc2)nnc1-c1cc2cc(Cl)ccc2o1. The average Bonchev–Trinajstić information content (AvgIpc) is 3.28. The van der Waals surface area contributed by atoms with Crippen molar-refractivity contribution in [3.05, 3.63) is 65.2 Å². The van der Waals surface area contributed by atoms with Crippen molar-refractivity contribution < 1.29 is 9.21 Å². The zero-order valence-corrected chi connectivity index (χ0v) is 16.6. The maximum absolute atomic E-state index is 12.1. The highest BCUT2D eigenvalue weighted by Gasteiger charge is 2.16.